The molecule has 48 heavy (non-hydrogen) atoms. The first-order valence-corrected chi connectivity index (χ1v) is 14.6. The molecule has 11 heteroatoms. The maximum absolute atomic E-state index is 14.3. The molecule has 5 nitrogen and oxygen atoms in total. The summed E-state index contributed by atoms with van der Waals surface area (Å²) in [6.45, 7) is 0. The highest BCUT2D eigenvalue weighted by atomic mass is 19.4. The monoisotopic (exact) mass is 647 g/mol. The van der Waals surface area contributed by atoms with Crippen molar-refractivity contribution in [3.05, 3.63) is 132 Å². The summed E-state index contributed by atoms with van der Waals surface area (Å²) in [6.07, 6.45) is -7.14. The van der Waals surface area contributed by atoms with Gasteiger partial charge in [0.05, 0.1) is 49.8 Å². The summed E-state index contributed by atoms with van der Waals surface area (Å²) in [7, 11) is 0. The molecule has 0 unspecified atom stereocenters. The van der Waals surface area contributed by atoms with E-state index in [1.165, 1.54) is 0 Å². The van der Waals surface area contributed by atoms with Gasteiger partial charge in [-0.25, -0.2) is 0 Å². The highest BCUT2D eigenvalue weighted by molar-refractivity contribution is 6.08. The fourth-order valence-corrected chi connectivity index (χ4v) is 6.52. The van der Waals surface area contributed by atoms with E-state index in [4.69, 9.17) is 0 Å². The predicted octanol–water partition coefficient (Wildman–Crippen LogP) is 10.2. The summed E-state index contributed by atoms with van der Waals surface area (Å²) in [6, 6.07) is 29.5. The largest absolute Gasteiger partial charge is 0.417 e. The van der Waals surface area contributed by atoms with Gasteiger partial charge >= 0.3 is 12.4 Å². The van der Waals surface area contributed by atoms with Crippen LogP contribution in [0.3, 0.4) is 0 Å². The van der Waals surface area contributed by atoms with E-state index in [1.807, 2.05) is 75.9 Å². The molecule has 0 bridgehead atoms. The zero-order valence-corrected chi connectivity index (χ0v) is 24.5. The van der Waals surface area contributed by atoms with Gasteiger partial charge in [0.1, 0.15) is 6.07 Å². The molecule has 8 aromatic rings. The maximum Gasteiger partial charge on any atom is 0.417 e. The summed E-state index contributed by atoms with van der Waals surface area (Å²) in [4.78, 5) is 9.14. The maximum atomic E-state index is 14.3. The number of nitriles is 1. The minimum absolute atomic E-state index is 0.0765. The standard InChI is InChI=1S/C37H19F6N5/c38-36(39,40)28-17-22(18-29(27(28)20-44)37(41,42)43)21-15-23(47-30-9-3-1-7-25(30)34-32(47)11-5-13-45-34)19-24(16-21)48-31-10-4-2-8-26(31)35-33(48)12-6-14-46-35/h1-19H. The Morgan fingerprint density at radius 3 is 1.38 bits per heavy atom. The molecule has 0 aliphatic carbocycles. The quantitative estimate of drug-likeness (QED) is 0.179. The second kappa shape index (κ2) is 10.4. The molecule has 0 aliphatic rings. The summed E-state index contributed by atoms with van der Waals surface area (Å²) in [5.74, 6) is 0. The number of nitrogens with zero attached hydrogens (tertiary/aromatic N) is 5. The van der Waals surface area contributed by atoms with Gasteiger partial charge in [-0.05, 0) is 77.9 Å². The van der Waals surface area contributed by atoms with Gasteiger partial charge in [-0.2, -0.15) is 31.6 Å². The summed E-state index contributed by atoms with van der Waals surface area (Å²) in [5.41, 5.74) is 0.0966. The zero-order chi connectivity index (χ0) is 33.4. The number of hydrogen-bond acceptors (Lipinski definition) is 3. The van der Waals surface area contributed by atoms with Gasteiger partial charge in [-0.1, -0.05) is 36.4 Å². The van der Waals surface area contributed by atoms with E-state index in [9.17, 15) is 31.6 Å². The van der Waals surface area contributed by atoms with E-state index in [2.05, 4.69) is 9.97 Å². The number of fused-ring (bicyclic) bond motifs is 6. The minimum atomic E-state index is -5.22. The van der Waals surface area contributed by atoms with Crippen LogP contribution in [0.1, 0.15) is 16.7 Å². The number of para-hydroxylation sites is 2. The number of aromatic nitrogens is 4. The number of alkyl halides is 6. The Bertz CT molecular complexity index is 2350. The average molecular weight is 648 g/mol. The zero-order valence-electron chi connectivity index (χ0n) is 24.5. The van der Waals surface area contributed by atoms with Gasteiger partial charge < -0.3 is 9.13 Å². The van der Waals surface area contributed by atoms with Gasteiger partial charge in [0, 0.05) is 34.5 Å². The molecule has 0 saturated heterocycles. The first-order chi connectivity index (χ1) is 23.0. The van der Waals surface area contributed by atoms with Crippen LogP contribution < -0.4 is 0 Å². The molecule has 234 valence electrons. The van der Waals surface area contributed by atoms with Crippen LogP contribution in [0.25, 0.3) is 66.4 Å². The molecule has 4 heterocycles. The number of hydrogen-bond donors (Lipinski definition) is 0. The van der Waals surface area contributed by atoms with Crippen molar-refractivity contribution in [2.45, 2.75) is 12.4 Å². The molecule has 0 saturated carbocycles. The van der Waals surface area contributed by atoms with Crippen molar-refractivity contribution in [2.75, 3.05) is 0 Å². The lowest BCUT2D eigenvalue weighted by Crippen LogP contribution is -2.15. The van der Waals surface area contributed by atoms with Crippen molar-refractivity contribution < 1.29 is 26.3 Å². The van der Waals surface area contributed by atoms with E-state index in [0.29, 0.717) is 45.6 Å². The van der Waals surface area contributed by atoms with Crippen molar-refractivity contribution in [1.82, 2.24) is 19.1 Å². The van der Waals surface area contributed by atoms with Crippen LogP contribution in [0.15, 0.2) is 116 Å². The summed E-state index contributed by atoms with van der Waals surface area (Å²) >= 11 is 0. The Morgan fingerprint density at radius 2 is 0.938 bits per heavy atom. The molecule has 0 atom stereocenters. The second-order valence-electron chi connectivity index (χ2n) is 11.2. The van der Waals surface area contributed by atoms with Gasteiger partial charge in [-0.15, -0.1) is 0 Å². The van der Waals surface area contributed by atoms with E-state index in [0.717, 1.165) is 27.9 Å². The first kappa shape index (κ1) is 29.3. The van der Waals surface area contributed by atoms with Crippen LogP contribution in [0.4, 0.5) is 26.3 Å². The lowest BCUT2D eigenvalue weighted by Gasteiger charge is -2.19. The van der Waals surface area contributed by atoms with Crippen LogP contribution >= 0.6 is 0 Å². The Hall–Kier alpha value is -6.15. The molecule has 8 rings (SSSR count). The lowest BCUT2D eigenvalue weighted by atomic mass is 9.93. The third-order valence-electron chi connectivity index (χ3n) is 8.47. The predicted molar refractivity (Wildman–Crippen MR) is 171 cm³/mol. The Labute approximate surface area is 267 Å². The molecule has 0 N–H and O–H groups in total. The summed E-state index contributed by atoms with van der Waals surface area (Å²) < 4.78 is 89.3. The van der Waals surface area contributed by atoms with E-state index >= 15 is 0 Å². The van der Waals surface area contributed by atoms with E-state index in [1.54, 1.807) is 36.7 Å². The smallest absolute Gasteiger partial charge is 0.308 e. The number of halogens is 6. The van der Waals surface area contributed by atoms with Crippen LogP contribution in [0, 0.1) is 11.3 Å². The number of benzene rings is 4. The van der Waals surface area contributed by atoms with Crippen molar-refractivity contribution in [3.8, 4) is 28.6 Å². The van der Waals surface area contributed by atoms with Crippen molar-refractivity contribution in [3.63, 3.8) is 0 Å². The molecule has 4 aromatic heterocycles. The highest BCUT2D eigenvalue weighted by Gasteiger charge is 2.42. The van der Waals surface area contributed by atoms with E-state index in [-0.39, 0.29) is 11.1 Å². The van der Waals surface area contributed by atoms with Crippen LogP contribution in [-0.4, -0.2) is 19.1 Å². The molecule has 0 fully saturated rings. The van der Waals surface area contributed by atoms with Crippen molar-refractivity contribution >= 4 is 43.9 Å². The highest BCUT2D eigenvalue weighted by Crippen LogP contribution is 2.43. The van der Waals surface area contributed by atoms with Gasteiger partial charge in [0.15, 0.2) is 0 Å². The minimum Gasteiger partial charge on any atom is -0.308 e. The Kier molecular flexibility index (Phi) is 6.36. The number of rotatable bonds is 3. The van der Waals surface area contributed by atoms with Crippen LogP contribution in [0.5, 0.6) is 0 Å². The first-order valence-electron chi connectivity index (χ1n) is 14.6. The van der Waals surface area contributed by atoms with Gasteiger partial charge in [0.2, 0.25) is 0 Å². The Morgan fingerprint density at radius 1 is 0.521 bits per heavy atom. The molecule has 0 amide bonds. The summed E-state index contributed by atoms with van der Waals surface area (Å²) in [5, 5.41) is 11.1. The van der Waals surface area contributed by atoms with Crippen molar-refractivity contribution in [1.29, 1.82) is 5.26 Å². The van der Waals surface area contributed by atoms with E-state index < -0.39 is 29.0 Å². The molecule has 0 spiro atoms. The Balaban J connectivity index is 1.52. The topological polar surface area (TPSA) is 59.4 Å². The van der Waals surface area contributed by atoms with Crippen LogP contribution in [-0.2, 0) is 12.4 Å². The average Bonchev–Trinajstić information content (AvgIpc) is 3.60. The van der Waals surface area contributed by atoms with Gasteiger partial charge in [-0.3, -0.25) is 9.97 Å². The second-order valence-corrected chi connectivity index (χ2v) is 11.2. The fraction of sp³-hybridized carbons (Fsp3) is 0.0541. The normalized spacial score (nSPS) is 12.4. The molecule has 0 aliphatic heterocycles. The molecule has 4 aromatic carbocycles. The van der Waals surface area contributed by atoms with Crippen molar-refractivity contribution in [2.24, 2.45) is 0 Å². The molecular formula is C37H19F6N5. The lowest BCUT2D eigenvalue weighted by molar-refractivity contribution is -0.143. The SMILES string of the molecule is N#Cc1c(C(F)(F)F)cc(-c2cc(-n3c4ccccc4c4ncccc43)cc(-n3c4ccccc4c4ncccc43)c2)cc1C(F)(F)F. The molecule has 0 radical (unpaired) electrons. The number of pyridine rings is 2. The third kappa shape index (κ3) is 4.48. The third-order valence-corrected chi connectivity index (χ3v) is 8.47. The van der Waals surface area contributed by atoms with Crippen LogP contribution in [0.2, 0.25) is 0 Å². The van der Waals surface area contributed by atoms with Gasteiger partial charge in [0.25, 0.3) is 0 Å². The molecular weight excluding hydrogens is 628 g/mol. The fourth-order valence-electron chi connectivity index (χ4n) is 6.52.